The third-order valence-corrected chi connectivity index (χ3v) is 4.53. The van der Waals surface area contributed by atoms with Gasteiger partial charge in [0, 0.05) is 17.6 Å². The SMILES string of the molecule is O=C(Sc1nccs1)c1ccc(-c2ccccc2[N+](=O)[O-])o1. The fourth-order valence-electron chi connectivity index (χ4n) is 1.82. The van der Waals surface area contributed by atoms with Crippen molar-refractivity contribution < 1.29 is 14.1 Å². The maximum absolute atomic E-state index is 12.1. The van der Waals surface area contributed by atoms with Crippen LogP contribution in [0.25, 0.3) is 11.3 Å². The van der Waals surface area contributed by atoms with Crippen molar-refractivity contribution in [2.45, 2.75) is 4.34 Å². The summed E-state index contributed by atoms with van der Waals surface area (Å²) >= 11 is 2.32. The Balaban J connectivity index is 1.88. The number of hydrogen-bond donors (Lipinski definition) is 0. The molecule has 8 heteroatoms. The van der Waals surface area contributed by atoms with Crippen molar-refractivity contribution in [2.24, 2.45) is 0 Å². The van der Waals surface area contributed by atoms with Crippen LogP contribution in [0, 0.1) is 10.1 Å². The van der Waals surface area contributed by atoms with E-state index in [1.54, 1.807) is 35.8 Å². The smallest absolute Gasteiger partial charge is 0.280 e. The second kappa shape index (κ2) is 6.12. The van der Waals surface area contributed by atoms with Crippen molar-refractivity contribution in [1.29, 1.82) is 0 Å². The standard InChI is InChI=1S/C14H8N2O4S2/c17-13(22-14-15-7-8-21-14)12-6-5-11(20-12)9-3-1-2-4-10(9)16(18)19/h1-8H. The Kier molecular flexibility index (Phi) is 4.03. The zero-order valence-electron chi connectivity index (χ0n) is 11.0. The number of aromatic nitrogens is 1. The molecule has 2 heterocycles. The molecule has 0 atom stereocenters. The van der Waals surface area contributed by atoms with Gasteiger partial charge in [-0.1, -0.05) is 12.1 Å². The van der Waals surface area contributed by atoms with Gasteiger partial charge in [0.2, 0.25) is 0 Å². The number of thiazole rings is 1. The van der Waals surface area contributed by atoms with Crippen LogP contribution in [0.1, 0.15) is 10.6 Å². The summed E-state index contributed by atoms with van der Waals surface area (Å²) in [4.78, 5) is 26.6. The van der Waals surface area contributed by atoms with Crippen LogP contribution < -0.4 is 0 Å². The molecule has 0 aliphatic carbocycles. The number of carbonyl (C=O) groups is 1. The van der Waals surface area contributed by atoms with Crippen LogP contribution in [0.4, 0.5) is 5.69 Å². The molecular weight excluding hydrogens is 324 g/mol. The number of furan rings is 1. The van der Waals surface area contributed by atoms with Crippen molar-refractivity contribution >= 4 is 33.9 Å². The molecule has 0 saturated carbocycles. The summed E-state index contributed by atoms with van der Waals surface area (Å²) in [6.07, 6.45) is 1.61. The topological polar surface area (TPSA) is 86.2 Å². The molecule has 0 fully saturated rings. The zero-order chi connectivity index (χ0) is 15.5. The van der Waals surface area contributed by atoms with E-state index in [0.717, 1.165) is 11.8 Å². The van der Waals surface area contributed by atoms with E-state index in [2.05, 4.69) is 4.98 Å². The summed E-state index contributed by atoms with van der Waals surface area (Å²) < 4.78 is 6.09. The van der Waals surface area contributed by atoms with E-state index in [0.29, 0.717) is 9.90 Å². The van der Waals surface area contributed by atoms with Gasteiger partial charge in [-0.2, -0.15) is 0 Å². The van der Waals surface area contributed by atoms with Crippen molar-refractivity contribution in [3.63, 3.8) is 0 Å². The van der Waals surface area contributed by atoms with Crippen molar-refractivity contribution in [2.75, 3.05) is 0 Å². The molecule has 3 aromatic rings. The van der Waals surface area contributed by atoms with Gasteiger partial charge in [-0.05, 0) is 30.0 Å². The van der Waals surface area contributed by atoms with Gasteiger partial charge in [-0.25, -0.2) is 4.98 Å². The molecule has 0 radical (unpaired) electrons. The monoisotopic (exact) mass is 332 g/mol. The molecule has 3 rings (SSSR count). The van der Waals surface area contributed by atoms with Crippen molar-refractivity contribution in [1.82, 2.24) is 4.98 Å². The number of nitro groups is 1. The highest BCUT2D eigenvalue weighted by atomic mass is 32.2. The Bertz CT molecular complexity index is 827. The van der Waals surface area contributed by atoms with Crippen LogP contribution in [-0.2, 0) is 0 Å². The maximum atomic E-state index is 12.1. The highest BCUT2D eigenvalue weighted by Gasteiger charge is 2.20. The lowest BCUT2D eigenvalue weighted by Crippen LogP contribution is -1.91. The molecule has 0 aliphatic rings. The van der Waals surface area contributed by atoms with Crippen LogP contribution >= 0.6 is 23.1 Å². The van der Waals surface area contributed by atoms with Gasteiger partial charge in [-0.3, -0.25) is 14.9 Å². The Morgan fingerprint density at radius 1 is 1.27 bits per heavy atom. The van der Waals surface area contributed by atoms with E-state index in [9.17, 15) is 14.9 Å². The van der Waals surface area contributed by atoms with Crippen LogP contribution in [0.5, 0.6) is 0 Å². The summed E-state index contributed by atoms with van der Waals surface area (Å²) in [7, 11) is 0. The lowest BCUT2D eigenvalue weighted by Gasteiger charge is -1.99. The minimum absolute atomic E-state index is 0.0663. The van der Waals surface area contributed by atoms with Crippen LogP contribution in [-0.4, -0.2) is 15.0 Å². The molecule has 0 bridgehead atoms. The van der Waals surface area contributed by atoms with Crippen LogP contribution in [0.15, 0.2) is 56.7 Å². The van der Waals surface area contributed by atoms with Gasteiger partial charge in [0.05, 0.1) is 10.5 Å². The molecule has 0 amide bonds. The van der Waals surface area contributed by atoms with E-state index in [1.165, 1.54) is 23.5 Å². The second-order valence-corrected chi connectivity index (χ2v) is 6.24. The molecule has 6 nitrogen and oxygen atoms in total. The highest BCUT2D eigenvalue weighted by molar-refractivity contribution is 8.15. The molecule has 110 valence electrons. The third kappa shape index (κ3) is 2.92. The number of benzene rings is 1. The van der Waals surface area contributed by atoms with Gasteiger partial charge >= 0.3 is 0 Å². The summed E-state index contributed by atoms with van der Waals surface area (Å²) in [5.41, 5.74) is 0.272. The van der Waals surface area contributed by atoms with E-state index in [4.69, 9.17) is 4.42 Å². The lowest BCUT2D eigenvalue weighted by molar-refractivity contribution is -0.384. The highest BCUT2D eigenvalue weighted by Crippen LogP contribution is 2.32. The average Bonchev–Trinajstić information content (AvgIpc) is 3.18. The number of carbonyl (C=O) groups excluding carboxylic acids is 1. The Morgan fingerprint density at radius 3 is 2.82 bits per heavy atom. The number of rotatable bonds is 4. The summed E-state index contributed by atoms with van der Waals surface area (Å²) in [5, 5.41) is 12.5. The fraction of sp³-hybridized carbons (Fsp3) is 0. The van der Waals surface area contributed by atoms with E-state index in [1.807, 2.05) is 0 Å². The summed E-state index contributed by atoms with van der Waals surface area (Å²) in [6.45, 7) is 0. The summed E-state index contributed by atoms with van der Waals surface area (Å²) in [6, 6.07) is 9.29. The van der Waals surface area contributed by atoms with E-state index in [-0.39, 0.29) is 22.3 Å². The quantitative estimate of drug-likeness (QED) is 0.403. The Labute approximate surface area is 133 Å². The molecule has 2 aromatic heterocycles. The first-order valence-corrected chi connectivity index (χ1v) is 7.80. The number of nitrogens with zero attached hydrogens (tertiary/aromatic N) is 2. The van der Waals surface area contributed by atoms with E-state index >= 15 is 0 Å². The fourth-order valence-corrected chi connectivity index (χ4v) is 3.25. The van der Waals surface area contributed by atoms with Gasteiger partial charge in [0.25, 0.3) is 10.8 Å². The number of thioether (sulfide) groups is 1. The first-order valence-electron chi connectivity index (χ1n) is 6.10. The van der Waals surface area contributed by atoms with Gasteiger partial charge < -0.3 is 4.42 Å². The molecule has 0 spiro atoms. The number of para-hydroxylation sites is 1. The second-order valence-electron chi connectivity index (χ2n) is 4.13. The molecule has 1 aromatic carbocycles. The number of nitro benzene ring substituents is 1. The molecule has 0 unspecified atom stereocenters. The molecular formula is C14H8N2O4S2. The van der Waals surface area contributed by atoms with Gasteiger partial charge in [-0.15, -0.1) is 11.3 Å². The Morgan fingerprint density at radius 2 is 2.09 bits per heavy atom. The largest absolute Gasteiger partial charge is 0.452 e. The minimum Gasteiger partial charge on any atom is -0.452 e. The molecule has 0 aliphatic heterocycles. The van der Waals surface area contributed by atoms with Crippen molar-refractivity contribution in [3.05, 3.63) is 63.8 Å². The average molecular weight is 332 g/mol. The minimum atomic E-state index is -0.482. The first-order chi connectivity index (χ1) is 10.6. The molecule has 22 heavy (non-hydrogen) atoms. The first kappa shape index (κ1) is 14.5. The van der Waals surface area contributed by atoms with Crippen molar-refractivity contribution in [3.8, 4) is 11.3 Å². The lowest BCUT2D eigenvalue weighted by atomic mass is 10.1. The Hall–Kier alpha value is -2.45. The zero-order valence-corrected chi connectivity index (χ0v) is 12.6. The van der Waals surface area contributed by atoms with Gasteiger partial charge in [0.15, 0.2) is 10.1 Å². The predicted molar refractivity (Wildman–Crippen MR) is 83.1 cm³/mol. The molecule has 0 saturated heterocycles. The summed E-state index contributed by atoms with van der Waals surface area (Å²) in [5.74, 6) is 0.420. The third-order valence-electron chi connectivity index (χ3n) is 2.76. The molecule has 0 N–H and O–H groups in total. The maximum Gasteiger partial charge on any atom is 0.280 e. The van der Waals surface area contributed by atoms with Crippen LogP contribution in [0.2, 0.25) is 0 Å². The van der Waals surface area contributed by atoms with Crippen LogP contribution in [0.3, 0.4) is 0 Å². The van der Waals surface area contributed by atoms with Gasteiger partial charge in [0.1, 0.15) is 5.76 Å². The predicted octanol–water partition coefficient (Wildman–Crippen LogP) is 4.24. The van der Waals surface area contributed by atoms with E-state index < -0.39 is 4.92 Å². The number of hydrogen-bond acceptors (Lipinski definition) is 7. The normalized spacial score (nSPS) is 10.5.